The van der Waals surface area contributed by atoms with E-state index in [2.05, 4.69) is 20.6 Å². The highest BCUT2D eigenvalue weighted by atomic mass is 16.3. The van der Waals surface area contributed by atoms with Gasteiger partial charge in [0.1, 0.15) is 5.75 Å². The molecule has 0 atom stereocenters. The number of phenols is 1. The molecular weight excluding hydrogens is 206 g/mol. The molecule has 0 unspecified atom stereocenters. The van der Waals surface area contributed by atoms with Crippen molar-refractivity contribution in [3.63, 3.8) is 0 Å². The molecule has 0 bridgehead atoms. The number of benzene rings is 1. The second-order valence-corrected chi connectivity index (χ2v) is 2.91. The van der Waals surface area contributed by atoms with Crippen molar-refractivity contribution in [2.45, 2.75) is 6.42 Å². The number of phenolic OH excluding ortho intramolecular Hbond substituents is 1. The van der Waals surface area contributed by atoms with Gasteiger partial charge in [-0.3, -0.25) is 0 Å². The van der Waals surface area contributed by atoms with Crippen LogP contribution >= 0.6 is 0 Å². The molecule has 1 heterocycles. The van der Waals surface area contributed by atoms with Gasteiger partial charge in [0.15, 0.2) is 0 Å². The number of aromatic hydroxyl groups is 1. The van der Waals surface area contributed by atoms with Crippen LogP contribution in [-0.2, 0) is 6.42 Å². The zero-order valence-corrected chi connectivity index (χ0v) is 8.69. The molecule has 0 aliphatic heterocycles. The summed E-state index contributed by atoms with van der Waals surface area (Å²) in [5.41, 5.74) is 6.50. The first-order valence-corrected chi connectivity index (χ1v) is 4.76. The van der Waals surface area contributed by atoms with Crippen molar-refractivity contribution in [2.75, 3.05) is 6.54 Å². The van der Waals surface area contributed by atoms with Crippen LogP contribution in [0.4, 0.5) is 0 Å². The van der Waals surface area contributed by atoms with E-state index in [0.29, 0.717) is 12.3 Å². The lowest BCUT2D eigenvalue weighted by atomic mass is 10.1. The summed E-state index contributed by atoms with van der Waals surface area (Å²) in [6.45, 7) is 0.658. The first-order valence-electron chi connectivity index (χ1n) is 4.76. The zero-order valence-electron chi connectivity index (χ0n) is 8.69. The van der Waals surface area contributed by atoms with E-state index < -0.39 is 0 Å². The Labute approximate surface area is 93.1 Å². The number of hydrogen-bond donors (Lipinski definition) is 2. The molecule has 2 aromatic rings. The Balaban J connectivity index is 0.000000181. The third kappa shape index (κ3) is 4.97. The molecule has 0 aliphatic carbocycles. The summed E-state index contributed by atoms with van der Waals surface area (Å²) in [7, 11) is 0. The van der Waals surface area contributed by atoms with Crippen LogP contribution in [0.15, 0.2) is 36.7 Å². The molecule has 0 saturated carbocycles. The Hall–Kier alpha value is -2.08. The maximum Gasteiger partial charge on any atom is 0.115 e. The van der Waals surface area contributed by atoms with Crippen LogP contribution in [0, 0.1) is 0 Å². The second-order valence-electron chi connectivity index (χ2n) is 2.91. The lowest BCUT2D eigenvalue weighted by Crippen LogP contribution is -2.01. The van der Waals surface area contributed by atoms with Crippen molar-refractivity contribution in [3.8, 4) is 5.75 Å². The van der Waals surface area contributed by atoms with E-state index in [4.69, 9.17) is 10.8 Å². The Morgan fingerprint density at radius 1 is 1.00 bits per heavy atom. The summed E-state index contributed by atoms with van der Waals surface area (Å²) in [5, 5.41) is 22.0. The van der Waals surface area contributed by atoms with Gasteiger partial charge in [-0.2, -0.15) is 0 Å². The van der Waals surface area contributed by atoms with Crippen molar-refractivity contribution in [2.24, 2.45) is 5.73 Å². The van der Waals surface area contributed by atoms with Gasteiger partial charge in [0.25, 0.3) is 0 Å². The number of nitrogens with zero attached hydrogens (tertiary/aromatic N) is 4. The molecule has 1 aromatic carbocycles. The van der Waals surface area contributed by atoms with E-state index in [1.165, 1.54) is 18.0 Å². The average molecular weight is 219 g/mol. The first-order chi connectivity index (χ1) is 7.83. The average Bonchev–Trinajstić information content (AvgIpc) is 2.35. The highest BCUT2D eigenvalue weighted by Gasteiger charge is 1.89. The summed E-state index contributed by atoms with van der Waals surface area (Å²) < 4.78 is 0. The topological polar surface area (TPSA) is 97.8 Å². The van der Waals surface area contributed by atoms with Crippen molar-refractivity contribution in [3.05, 3.63) is 42.2 Å². The van der Waals surface area contributed by atoms with Crippen LogP contribution in [0.5, 0.6) is 5.75 Å². The molecule has 0 radical (unpaired) electrons. The van der Waals surface area contributed by atoms with Gasteiger partial charge >= 0.3 is 0 Å². The molecule has 0 saturated heterocycles. The van der Waals surface area contributed by atoms with Crippen molar-refractivity contribution < 1.29 is 5.11 Å². The number of nitrogens with two attached hydrogens (primary N) is 1. The lowest BCUT2D eigenvalue weighted by molar-refractivity contribution is 0.475. The number of hydrogen-bond acceptors (Lipinski definition) is 6. The quantitative estimate of drug-likeness (QED) is 0.746. The van der Waals surface area contributed by atoms with E-state index in [-0.39, 0.29) is 0 Å². The van der Waals surface area contributed by atoms with Gasteiger partial charge in [-0.05, 0) is 41.1 Å². The summed E-state index contributed by atoms with van der Waals surface area (Å²) in [6.07, 6.45) is 3.81. The SMILES string of the molecule is NCCc1ccc(O)cc1.c1cnnnn1. The van der Waals surface area contributed by atoms with Gasteiger partial charge in [-0.1, -0.05) is 12.1 Å². The fraction of sp³-hybridized carbons (Fsp3) is 0.200. The molecule has 0 spiro atoms. The van der Waals surface area contributed by atoms with Crippen LogP contribution in [0.25, 0.3) is 0 Å². The maximum absolute atomic E-state index is 8.89. The number of rotatable bonds is 2. The molecule has 0 amide bonds. The summed E-state index contributed by atoms with van der Waals surface area (Å²) in [5.74, 6) is 0.306. The van der Waals surface area contributed by atoms with Gasteiger partial charge in [0.05, 0.1) is 12.4 Å². The minimum absolute atomic E-state index is 0.306. The Morgan fingerprint density at radius 3 is 1.94 bits per heavy atom. The molecule has 2 rings (SSSR count). The molecule has 6 heteroatoms. The first kappa shape index (κ1) is 12.0. The molecule has 0 fully saturated rings. The predicted molar refractivity (Wildman–Crippen MR) is 58.5 cm³/mol. The van der Waals surface area contributed by atoms with Gasteiger partial charge in [0.2, 0.25) is 0 Å². The summed E-state index contributed by atoms with van der Waals surface area (Å²) in [4.78, 5) is 0. The van der Waals surface area contributed by atoms with Gasteiger partial charge < -0.3 is 10.8 Å². The van der Waals surface area contributed by atoms with Crippen LogP contribution in [0.3, 0.4) is 0 Å². The third-order valence-corrected chi connectivity index (χ3v) is 1.71. The summed E-state index contributed by atoms with van der Waals surface area (Å²) >= 11 is 0. The molecule has 3 N–H and O–H groups in total. The van der Waals surface area contributed by atoms with Crippen molar-refractivity contribution >= 4 is 0 Å². The molecule has 0 aliphatic rings. The predicted octanol–water partition coefficient (Wildman–Crippen LogP) is 0.160. The fourth-order valence-electron chi connectivity index (χ4n) is 0.995. The lowest BCUT2D eigenvalue weighted by Gasteiger charge is -1.96. The van der Waals surface area contributed by atoms with Crippen LogP contribution < -0.4 is 5.73 Å². The largest absolute Gasteiger partial charge is 0.508 e. The van der Waals surface area contributed by atoms with E-state index in [0.717, 1.165) is 6.42 Å². The third-order valence-electron chi connectivity index (χ3n) is 1.71. The highest BCUT2D eigenvalue weighted by Crippen LogP contribution is 2.09. The number of aromatic nitrogens is 4. The molecule has 1 aromatic heterocycles. The van der Waals surface area contributed by atoms with Crippen molar-refractivity contribution in [1.82, 2.24) is 20.6 Å². The second kappa shape index (κ2) is 7.24. The molecule has 16 heavy (non-hydrogen) atoms. The zero-order chi connectivity index (χ0) is 11.6. The standard InChI is InChI=1S/C8H11NO.C2H2N4/c9-6-5-7-1-3-8(10)4-2-7;1-2-4-6-5-3-1/h1-4,10H,5-6,9H2;1-2H. The van der Waals surface area contributed by atoms with E-state index in [1.807, 2.05) is 12.1 Å². The minimum Gasteiger partial charge on any atom is -0.508 e. The monoisotopic (exact) mass is 219 g/mol. The van der Waals surface area contributed by atoms with E-state index in [9.17, 15) is 0 Å². The Morgan fingerprint density at radius 2 is 1.56 bits per heavy atom. The molecular formula is C10H13N5O. The van der Waals surface area contributed by atoms with Gasteiger partial charge in [-0.15, -0.1) is 10.2 Å². The van der Waals surface area contributed by atoms with E-state index in [1.54, 1.807) is 12.1 Å². The summed E-state index contributed by atoms with van der Waals surface area (Å²) in [6, 6.07) is 7.10. The molecule has 84 valence electrons. The molecule has 6 nitrogen and oxygen atoms in total. The van der Waals surface area contributed by atoms with Crippen LogP contribution in [0.2, 0.25) is 0 Å². The fourth-order valence-corrected chi connectivity index (χ4v) is 0.995. The highest BCUT2D eigenvalue weighted by molar-refractivity contribution is 5.25. The normalized spacial score (nSPS) is 9.06. The van der Waals surface area contributed by atoms with Gasteiger partial charge in [0, 0.05) is 0 Å². The van der Waals surface area contributed by atoms with Crippen LogP contribution in [0.1, 0.15) is 5.56 Å². The Kier molecular flexibility index (Phi) is 5.43. The van der Waals surface area contributed by atoms with Crippen molar-refractivity contribution in [1.29, 1.82) is 0 Å². The minimum atomic E-state index is 0.306. The maximum atomic E-state index is 8.89. The smallest absolute Gasteiger partial charge is 0.115 e. The van der Waals surface area contributed by atoms with Crippen LogP contribution in [-0.4, -0.2) is 32.3 Å². The van der Waals surface area contributed by atoms with Gasteiger partial charge in [-0.25, -0.2) is 0 Å². The Bertz CT molecular complexity index is 351. The van der Waals surface area contributed by atoms with E-state index >= 15 is 0 Å².